The monoisotopic (exact) mass is 405 g/mol. The number of hydrogen-bond donors (Lipinski definition) is 2. The topological polar surface area (TPSA) is 70.8 Å². The average Bonchev–Trinajstić information content (AvgIpc) is 3.07. The molecule has 0 amide bonds. The fourth-order valence-corrected chi connectivity index (χ4v) is 4.75. The number of H-pyrrole nitrogens is 1. The number of aromatic amines is 1. The molecule has 160 valence electrons. The number of pyridine rings is 2. The average molecular weight is 406 g/mol. The van der Waals surface area contributed by atoms with E-state index in [2.05, 4.69) is 60.8 Å². The van der Waals surface area contributed by atoms with Crippen molar-refractivity contribution in [1.29, 1.82) is 0 Å². The maximum absolute atomic E-state index is 5.63. The van der Waals surface area contributed by atoms with Crippen LogP contribution in [0.25, 0.3) is 22.3 Å². The normalized spacial score (nSPS) is 14.6. The van der Waals surface area contributed by atoms with Crippen LogP contribution in [0.4, 0.5) is 0 Å². The molecule has 0 saturated carbocycles. The van der Waals surface area contributed by atoms with Gasteiger partial charge in [-0.25, -0.2) is 4.98 Å². The molecule has 4 heterocycles. The highest BCUT2D eigenvalue weighted by Crippen LogP contribution is 2.36. The number of aryl methyl sites for hydroxylation is 2. The Balaban J connectivity index is 1.70. The van der Waals surface area contributed by atoms with Crippen molar-refractivity contribution >= 4 is 11.0 Å². The minimum atomic E-state index is 0.393. The molecule has 1 aliphatic rings. The highest BCUT2D eigenvalue weighted by molar-refractivity contribution is 5.89. The van der Waals surface area contributed by atoms with Gasteiger partial charge in [0.25, 0.3) is 0 Å². The lowest BCUT2D eigenvalue weighted by Gasteiger charge is -2.28. The third-order valence-electron chi connectivity index (χ3n) is 6.17. The van der Waals surface area contributed by atoms with Crippen molar-refractivity contribution in [3.63, 3.8) is 0 Å². The molecular weight excluding hydrogens is 370 g/mol. The van der Waals surface area contributed by atoms with E-state index in [0.29, 0.717) is 5.92 Å². The molecule has 5 nitrogen and oxygen atoms in total. The molecule has 0 fully saturated rings. The van der Waals surface area contributed by atoms with Crippen molar-refractivity contribution in [3.05, 3.63) is 46.4 Å². The van der Waals surface area contributed by atoms with Crippen molar-refractivity contribution in [1.82, 2.24) is 19.9 Å². The quantitative estimate of drug-likeness (QED) is 0.551. The largest absolute Gasteiger partial charge is 0.353 e. The molecule has 0 saturated heterocycles. The van der Waals surface area contributed by atoms with Gasteiger partial charge in [-0.15, -0.1) is 0 Å². The van der Waals surface area contributed by atoms with Gasteiger partial charge in [-0.3, -0.25) is 9.88 Å². The molecule has 0 spiro atoms. The van der Waals surface area contributed by atoms with Crippen molar-refractivity contribution in [2.75, 3.05) is 19.6 Å². The summed E-state index contributed by atoms with van der Waals surface area (Å²) in [6.07, 6.45) is 4.64. The standard InChI is InChI=1S/C25H35N5/c1-16(2)23-24(20-12-17(3)27-18(4)13-20)28-21-14-19-8-11-30(10-7-5-6-9-26)15-22(19)29-25(21)23/h12-14,16,28H,5-11,15,26H2,1-4H3. The Labute approximate surface area is 180 Å². The van der Waals surface area contributed by atoms with Crippen molar-refractivity contribution in [2.45, 2.75) is 65.8 Å². The van der Waals surface area contributed by atoms with E-state index in [9.17, 15) is 0 Å². The zero-order valence-electron chi connectivity index (χ0n) is 18.9. The van der Waals surface area contributed by atoms with E-state index < -0.39 is 0 Å². The summed E-state index contributed by atoms with van der Waals surface area (Å²) in [5.74, 6) is 0.393. The third kappa shape index (κ3) is 4.28. The van der Waals surface area contributed by atoms with Crippen LogP contribution in [0, 0.1) is 13.8 Å². The van der Waals surface area contributed by atoms with Crippen molar-refractivity contribution < 1.29 is 0 Å². The zero-order valence-corrected chi connectivity index (χ0v) is 18.9. The van der Waals surface area contributed by atoms with Gasteiger partial charge in [0, 0.05) is 35.6 Å². The number of nitrogens with two attached hydrogens (primary N) is 1. The molecule has 30 heavy (non-hydrogen) atoms. The molecule has 0 aliphatic carbocycles. The van der Waals surface area contributed by atoms with E-state index in [4.69, 9.17) is 10.7 Å². The molecule has 0 aromatic carbocycles. The molecule has 0 bridgehead atoms. The van der Waals surface area contributed by atoms with Gasteiger partial charge in [0.1, 0.15) is 0 Å². The van der Waals surface area contributed by atoms with Crippen molar-refractivity contribution in [2.24, 2.45) is 5.73 Å². The van der Waals surface area contributed by atoms with Crippen LogP contribution in [0.3, 0.4) is 0 Å². The summed E-state index contributed by atoms with van der Waals surface area (Å²) in [6, 6.07) is 6.69. The molecule has 0 atom stereocenters. The van der Waals surface area contributed by atoms with E-state index in [-0.39, 0.29) is 0 Å². The smallest absolute Gasteiger partial charge is 0.0924 e. The van der Waals surface area contributed by atoms with E-state index >= 15 is 0 Å². The van der Waals surface area contributed by atoms with Crippen LogP contribution in [-0.2, 0) is 13.0 Å². The molecule has 5 heteroatoms. The van der Waals surface area contributed by atoms with Crippen molar-refractivity contribution in [3.8, 4) is 11.3 Å². The lowest BCUT2D eigenvalue weighted by Crippen LogP contribution is -2.32. The summed E-state index contributed by atoms with van der Waals surface area (Å²) in [7, 11) is 0. The summed E-state index contributed by atoms with van der Waals surface area (Å²) in [5, 5.41) is 0. The second-order valence-corrected chi connectivity index (χ2v) is 9.07. The van der Waals surface area contributed by atoms with Crippen LogP contribution < -0.4 is 5.73 Å². The fourth-order valence-electron chi connectivity index (χ4n) is 4.75. The minimum Gasteiger partial charge on any atom is -0.353 e. The summed E-state index contributed by atoms with van der Waals surface area (Å²) < 4.78 is 0. The van der Waals surface area contributed by atoms with Gasteiger partial charge in [0.2, 0.25) is 0 Å². The predicted octanol–water partition coefficient (Wildman–Crippen LogP) is 4.85. The fraction of sp³-hybridized carbons (Fsp3) is 0.520. The van der Waals surface area contributed by atoms with Crippen LogP contribution >= 0.6 is 0 Å². The first-order chi connectivity index (χ1) is 14.5. The molecule has 3 N–H and O–H groups in total. The SMILES string of the molecule is Cc1cc(-c2[nH]c3cc4c(nc3c2C(C)C)CN(CCCCCN)CC4)cc(C)n1. The Morgan fingerprint density at radius 3 is 2.53 bits per heavy atom. The Morgan fingerprint density at radius 2 is 1.83 bits per heavy atom. The number of rotatable bonds is 7. The molecule has 3 aromatic heterocycles. The van der Waals surface area contributed by atoms with Gasteiger partial charge in [0.15, 0.2) is 0 Å². The number of nitrogens with one attached hydrogen (secondary N) is 1. The summed E-state index contributed by atoms with van der Waals surface area (Å²) >= 11 is 0. The molecule has 1 aliphatic heterocycles. The Bertz CT molecular complexity index is 1010. The predicted molar refractivity (Wildman–Crippen MR) is 125 cm³/mol. The van der Waals surface area contributed by atoms with Crippen LogP contribution in [0.2, 0.25) is 0 Å². The summed E-state index contributed by atoms with van der Waals surface area (Å²) in [4.78, 5) is 16.0. The number of aromatic nitrogens is 3. The Morgan fingerprint density at radius 1 is 1.07 bits per heavy atom. The second-order valence-electron chi connectivity index (χ2n) is 9.07. The summed E-state index contributed by atoms with van der Waals surface area (Å²) in [6.45, 7) is 12.7. The number of nitrogens with zero attached hydrogens (tertiary/aromatic N) is 3. The Hall–Kier alpha value is -2.24. The van der Waals surface area contributed by atoms with E-state index in [0.717, 1.165) is 61.4 Å². The maximum atomic E-state index is 5.63. The van der Waals surface area contributed by atoms with Crippen LogP contribution in [0.15, 0.2) is 18.2 Å². The van der Waals surface area contributed by atoms with Gasteiger partial charge in [-0.2, -0.15) is 0 Å². The first-order valence-corrected chi connectivity index (χ1v) is 11.4. The first-order valence-electron chi connectivity index (χ1n) is 11.4. The zero-order chi connectivity index (χ0) is 21.3. The lowest BCUT2D eigenvalue weighted by molar-refractivity contribution is 0.245. The van der Waals surface area contributed by atoms with Gasteiger partial charge in [-0.1, -0.05) is 20.3 Å². The van der Waals surface area contributed by atoms with Crippen LogP contribution in [-0.4, -0.2) is 39.5 Å². The first kappa shape index (κ1) is 21.0. The van der Waals surface area contributed by atoms with Crippen LogP contribution in [0.5, 0.6) is 0 Å². The molecule has 4 rings (SSSR count). The number of hydrogen-bond acceptors (Lipinski definition) is 4. The second kappa shape index (κ2) is 8.86. The van der Waals surface area contributed by atoms with E-state index in [1.54, 1.807) is 0 Å². The lowest BCUT2D eigenvalue weighted by atomic mass is 9.97. The molecular formula is C25H35N5. The van der Waals surface area contributed by atoms with E-state index in [1.165, 1.54) is 40.9 Å². The van der Waals surface area contributed by atoms with Gasteiger partial charge in [0.05, 0.1) is 22.4 Å². The number of fused-ring (bicyclic) bond motifs is 2. The van der Waals surface area contributed by atoms with Gasteiger partial charge >= 0.3 is 0 Å². The highest BCUT2D eigenvalue weighted by Gasteiger charge is 2.23. The number of unbranched alkanes of at least 4 members (excludes halogenated alkanes) is 2. The molecule has 0 radical (unpaired) electrons. The highest BCUT2D eigenvalue weighted by atomic mass is 15.1. The molecule has 0 unspecified atom stereocenters. The summed E-state index contributed by atoms with van der Waals surface area (Å²) in [5.41, 5.74) is 16.4. The van der Waals surface area contributed by atoms with Crippen LogP contribution in [0.1, 0.15) is 67.2 Å². The van der Waals surface area contributed by atoms with Gasteiger partial charge < -0.3 is 10.7 Å². The minimum absolute atomic E-state index is 0.393. The maximum Gasteiger partial charge on any atom is 0.0924 e. The molecule has 3 aromatic rings. The third-order valence-corrected chi connectivity index (χ3v) is 6.17. The van der Waals surface area contributed by atoms with Gasteiger partial charge in [-0.05, 0) is 75.9 Å². The Kier molecular flexibility index (Phi) is 6.21. The van der Waals surface area contributed by atoms with E-state index in [1.807, 2.05) is 0 Å².